The molecule has 0 bridgehead atoms. The quantitative estimate of drug-likeness (QED) is 0.907. The zero-order valence-corrected chi connectivity index (χ0v) is 15.5. The summed E-state index contributed by atoms with van der Waals surface area (Å²) in [4.78, 5) is 0.277. The smallest absolute Gasteiger partial charge is 0.264 e. The van der Waals surface area contributed by atoms with Crippen LogP contribution >= 0.6 is 0 Å². The molecule has 0 aromatic heterocycles. The third-order valence-corrected chi connectivity index (χ3v) is 6.47. The van der Waals surface area contributed by atoms with E-state index in [-0.39, 0.29) is 11.4 Å². The first-order valence-electron chi connectivity index (χ1n) is 8.40. The van der Waals surface area contributed by atoms with Gasteiger partial charge >= 0.3 is 0 Å². The normalized spacial score (nSPS) is 17.3. The van der Waals surface area contributed by atoms with Gasteiger partial charge < -0.3 is 9.84 Å². The fraction of sp³-hybridized carbons (Fsp3) is 0.368. The van der Waals surface area contributed by atoms with E-state index >= 15 is 0 Å². The van der Waals surface area contributed by atoms with Gasteiger partial charge in [0.25, 0.3) is 10.0 Å². The molecular formula is C19H23NO4S. The molecular weight excluding hydrogens is 338 g/mol. The van der Waals surface area contributed by atoms with Crippen LogP contribution in [0, 0.1) is 13.8 Å². The maximum absolute atomic E-state index is 13.3. The summed E-state index contributed by atoms with van der Waals surface area (Å²) < 4.78 is 33.6. The van der Waals surface area contributed by atoms with E-state index in [0.717, 1.165) is 5.56 Å². The first-order valence-corrected chi connectivity index (χ1v) is 9.84. The number of aliphatic hydroxyl groups is 1. The summed E-state index contributed by atoms with van der Waals surface area (Å²) in [6.45, 7) is 6.31. The molecule has 0 spiro atoms. The summed E-state index contributed by atoms with van der Waals surface area (Å²) in [7, 11) is -3.72. The number of hydrogen-bond acceptors (Lipinski definition) is 4. The molecule has 0 amide bonds. The largest absolute Gasteiger partial charge is 0.494 e. The number of aliphatic hydroxyl groups excluding tert-OH is 1. The van der Waals surface area contributed by atoms with Gasteiger partial charge in [-0.3, -0.25) is 4.31 Å². The van der Waals surface area contributed by atoms with Gasteiger partial charge in [-0.2, -0.15) is 0 Å². The van der Waals surface area contributed by atoms with Crippen LogP contribution in [0.3, 0.4) is 0 Å². The van der Waals surface area contributed by atoms with E-state index in [4.69, 9.17) is 4.74 Å². The van der Waals surface area contributed by atoms with Crippen LogP contribution in [0.15, 0.2) is 41.3 Å². The van der Waals surface area contributed by atoms with Gasteiger partial charge in [-0.1, -0.05) is 18.2 Å². The minimum Gasteiger partial charge on any atom is -0.494 e. The molecule has 0 saturated carbocycles. The summed E-state index contributed by atoms with van der Waals surface area (Å²) in [5.74, 6) is 0.702. The Morgan fingerprint density at radius 3 is 2.64 bits per heavy atom. The van der Waals surface area contributed by atoms with Crippen molar-refractivity contribution in [3.63, 3.8) is 0 Å². The first-order chi connectivity index (χ1) is 11.9. The maximum atomic E-state index is 13.3. The van der Waals surface area contributed by atoms with Crippen molar-refractivity contribution in [1.82, 2.24) is 0 Å². The van der Waals surface area contributed by atoms with E-state index in [2.05, 4.69) is 0 Å². The number of hydrogen-bond donors (Lipinski definition) is 1. The second-order valence-corrected chi connectivity index (χ2v) is 8.09. The lowest BCUT2D eigenvalue weighted by molar-refractivity contribution is 0.166. The number of ether oxygens (including phenoxy) is 1. The lowest BCUT2D eigenvalue weighted by Crippen LogP contribution is -2.37. The molecule has 3 rings (SSSR count). The number of sulfonamides is 1. The third-order valence-electron chi connectivity index (χ3n) is 4.51. The standard InChI is InChI=1S/C19H23NO4S/c1-4-24-18-11-14(3)19(12-13(18)2)25(22,23)20-10-9-17(21)15-7-5-6-8-16(15)20/h5-8,11-12,17,21H,4,9-10H2,1-3H3. The molecule has 0 radical (unpaired) electrons. The number of benzene rings is 2. The molecule has 5 nitrogen and oxygen atoms in total. The van der Waals surface area contributed by atoms with Gasteiger partial charge in [0.05, 0.1) is 23.3 Å². The van der Waals surface area contributed by atoms with Gasteiger partial charge in [-0.05, 0) is 56.5 Å². The monoisotopic (exact) mass is 361 g/mol. The highest BCUT2D eigenvalue weighted by molar-refractivity contribution is 7.92. The Hall–Kier alpha value is -2.05. The maximum Gasteiger partial charge on any atom is 0.264 e. The second kappa shape index (κ2) is 6.69. The van der Waals surface area contributed by atoms with Crippen molar-refractivity contribution in [2.75, 3.05) is 17.5 Å². The molecule has 2 aromatic rings. The number of nitrogens with zero attached hydrogens (tertiary/aromatic N) is 1. The van der Waals surface area contributed by atoms with E-state index in [1.54, 1.807) is 37.3 Å². The lowest BCUT2D eigenvalue weighted by Gasteiger charge is -2.33. The van der Waals surface area contributed by atoms with E-state index in [1.165, 1.54) is 4.31 Å². The Bertz CT molecular complexity index is 892. The van der Waals surface area contributed by atoms with Crippen LogP contribution < -0.4 is 9.04 Å². The highest BCUT2D eigenvalue weighted by atomic mass is 32.2. The van der Waals surface area contributed by atoms with Crippen molar-refractivity contribution in [1.29, 1.82) is 0 Å². The van der Waals surface area contributed by atoms with Crippen molar-refractivity contribution in [3.8, 4) is 5.75 Å². The van der Waals surface area contributed by atoms with Crippen LogP contribution in [0.25, 0.3) is 0 Å². The van der Waals surface area contributed by atoms with E-state index < -0.39 is 16.1 Å². The Balaban J connectivity index is 2.09. The van der Waals surface area contributed by atoms with Crippen LogP contribution in [0.5, 0.6) is 5.75 Å². The van der Waals surface area contributed by atoms with Crippen LogP contribution in [-0.4, -0.2) is 26.7 Å². The highest BCUT2D eigenvalue weighted by Crippen LogP contribution is 2.38. The number of fused-ring (bicyclic) bond motifs is 1. The average molecular weight is 361 g/mol. The molecule has 134 valence electrons. The molecule has 6 heteroatoms. The SMILES string of the molecule is CCOc1cc(C)c(S(=O)(=O)N2CCC(O)c3ccccc32)cc1C. The van der Waals surface area contributed by atoms with Crippen molar-refractivity contribution >= 4 is 15.7 Å². The molecule has 25 heavy (non-hydrogen) atoms. The Kier molecular flexibility index (Phi) is 4.75. The molecule has 1 unspecified atom stereocenters. The van der Waals surface area contributed by atoms with Crippen molar-refractivity contribution in [3.05, 3.63) is 53.1 Å². The molecule has 1 heterocycles. The number of anilines is 1. The molecule has 1 aliphatic heterocycles. The fourth-order valence-corrected chi connectivity index (χ4v) is 5.03. The second-order valence-electron chi connectivity index (χ2n) is 6.26. The Labute approximate surface area is 148 Å². The zero-order chi connectivity index (χ0) is 18.2. The molecule has 0 aliphatic carbocycles. The summed E-state index contributed by atoms with van der Waals surface area (Å²) in [5.41, 5.74) is 2.64. The van der Waals surface area contributed by atoms with Crippen LogP contribution in [-0.2, 0) is 10.0 Å². The molecule has 0 saturated heterocycles. The molecule has 1 aliphatic rings. The van der Waals surface area contributed by atoms with Gasteiger partial charge in [0.15, 0.2) is 0 Å². The van der Waals surface area contributed by atoms with Crippen LogP contribution in [0.4, 0.5) is 5.69 Å². The number of para-hydroxylation sites is 1. The van der Waals surface area contributed by atoms with Gasteiger partial charge in [0, 0.05) is 12.1 Å². The number of rotatable bonds is 4. The van der Waals surface area contributed by atoms with E-state index in [9.17, 15) is 13.5 Å². The van der Waals surface area contributed by atoms with E-state index in [0.29, 0.717) is 35.6 Å². The topological polar surface area (TPSA) is 66.8 Å². The van der Waals surface area contributed by atoms with Crippen molar-refractivity contribution in [2.45, 2.75) is 38.2 Å². The number of aryl methyl sites for hydroxylation is 2. The van der Waals surface area contributed by atoms with Gasteiger partial charge in [0.1, 0.15) is 5.75 Å². The minimum absolute atomic E-state index is 0.256. The van der Waals surface area contributed by atoms with Gasteiger partial charge in [0.2, 0.25) is 0 Å². The lowest BCUT2D eigenvalue weighted by atomic mass is 10.0. The summed E-state index contributed by atoms with van der Waals surface area (Å²) >= 11 is 0. The summed E-state index contributed by atoms with van der Waals surface area (Å²) in [5, 5.41) is 10.2. The highest BCUT2D eigenvalue weighted by Gasteiger charge is 2.33. The first kappa shape index (κ1) is 17.8. The van der Waals surface area contributed by atoms with Crippen LogP contribution in [0.2, 0.25) is 0 Å². The van der Waals surface area contributed by atoms with Crippen LogP contribution in [0.1, 0.15) is 36.1 Å². The average Bonchev–Trinajstić information content (AvgIpc) is 2.58. The fourth-order valence-electron chi connectivity index (χ4n) is 3.23. The predicted molar refractivity (Wildman–Crippen MR) is 97.6 cm³/mol. The third kappa shape index (κ3) is 3.12. The van der Waals surface area contributed by atoms with Gasteiger partial charge in [-0.15, -0.1) is 0 Å². The zero-order valence-electron chi connectivity index (χ0n) is 14.7. The Morgan fingerprint density at radius 2 is 1.92 bits per heavy atom. The Morgan fingerprint density at radius 1 is 1.20 bits per heavy atom. The van der Waals surface area contributed by atoms with Gasteiger partial charge in [-0.25, -0.2) is 8.42 Å². The summed E-state index contributed by atoms with van der Waals surface area (Å²) in [6.07, 6.45) is -0.253. The molecule has 2 aromatic carbocycles. The van der Waals surface area contributed by atoms with E-state index in [1.807, 2.05) is 19.9 Å². The molecule has 1 atom stereocenters. The minimum atomic E-state index is -3.72. The van der Waals surface area contributed by atoms with Crippen molar-refractivity contribution < 1.29 is 18.3 Å². The predicted octanol–water partition coefficient (Wildman–Crippen LogP) is 3.33. The molecule has 1 N–H and O–H groups in total. The van der Waals surface area contributed by atoms with Crippen molar-refractivity contribution in [2.24, 2.45) is 0 Å². The molecule has 0 fully saturated rings. The summed E-state index contributed by atoms with van der Waals surface area (Å²) in [6, 6.07) is 10.6.